The number of nitrogens with one attached hydrogen (secondary N) is 1. The van der Waals surface area contributed by atoms with Crippen LogP contribution in [-0.4, -0.2) is 32.2 Å². The number of amides is 1. The van der Waals surface area contributed by atoms with E-state index in [1.807, 2.05) is 39.8 Å². The normalized spacial score (nSPS) is 14.0. The topological polar surface area (TPSA) is 66.5 Å². The summed E-state index contributed by atoms with van der Waals surface area (Å²) < 4.78 is 26.2. The van der Waals surface area contributed by atoms with E-state index in [-0.39, 0.29) is 11.3 Å². The van der Waals surface area contributed by atoms with Gasteiger partial charge >= 0.3 is 0 Å². The number of sulfonamides is 1. The number of carbonyl (C=O) groups is 1. The summed E-state index contributed by atoms with van der Waals surface area (Å²) >= 11 is 0. The van der Waals surface area contributed by atoms with E-state index in [9.17, 15) is 13.2 Å². The lowest BCUT2D eigenvalue weighted by Gasteiger charge is -2.37. The van der Waals surface area contributed by atoms with E-state index in [1.165, 1.54) is 4.31 Å². The van der Waals surface area contributed by atoms with Gasteiger partial charge in [-0.1, -0.05) is 45.4 Å². The molecule has 1 aromatic rings. The average Bonchev–Trinajstić information content (AvgIpc) is 2.41. The summed E-state index contributed by atoms with van der Waals surface area (Å²) in [6, 6.07) is 6.40. The first-order valence-corrected chi connectivity index (χ1v) is 10.9. The summed E-state index contributed by atoms with van der Waals surface area (Å²) in [7, 11) is -3.61. The molecule has 0 aromatic heterocycles. The first kappa shape index (κ1) is 22.5. The number of anilines is 1. The van der Waals surface area contributed by atoms with E-state index in [4.69, 9.17) is 0 Å². The van der Waals surface area contributed by atoms with Crippen LogP contribution in [0.5, 0.6) is 0 Å². The zero-order chi connectivity index (χ0) is 20.3. The van der Waals surface area contributed by atoms with Gasteiger partial charge in [0, 0.05) is 5.54 Å². The molecule has 0 saturated carbocycles. The van der Waals surface area contributed by atoms with Crippen LogP contribution in [0.3, 0.4) is 0 Å². The highest BCUT2D eigenvalue weighted by molar-refractivity contribution is 7.92. The lowest BCUT2D eigenvalue weighted by Crippen LogP contribution is -2.55. The Bertz CT molecular complexity index is 716. The van der Waals surface area contributed by atoms with Crippen LogP contribution < -0.4 is 9.62 Å². The molecule has 0 bridgehead atoms. The molecule has 26 heavy (non-hydrogen) atoms. The number of benzene rings is 1. The second kappa shape index (κ2) is 7.99. The SMILES string of the molecule is CC[C@H](C(=O)NC(C)(C)CC(C)(C)C)N(c1ccc(C)cc1)S(C)(=O)=O. The van der Waals surface area contributed by atoms with Crippen LogP contribution in [0.25, 0.3) is 0 Å². The van der Waals surface area contributed by atoms with Crippen molar-refractivity contribution in [3.8, 4) is 0 Å². The van der Waals surface area contributed by atoms with E-state index in [2.05, 4.69) is 26.1 Å². The monoisotopic (exact) mass is 382 g/mol. The van der Waals surface area contributed by atoms with Crippen LogP contribution in [0.4, 0.5) is 5.69 Å². The van der Waals surface area contributed by atoms with E-state index in [1.54, 1.807) is 12.1 Å². The van der Waals surface area contributed by atoms with Crippen molar-refractivity contribution < 1.29 is 13.2 Å². The molecule has 6 heteroatoms. The third-order valence-electron chi connectivity index (χ3n) is 4.05. The third kappa shape index (κ3) is 6.63. The molecule has 0 unspecified atom stereocenters. The Hall–Kier alpha value is -1.56. The zero-order valence-corrected chi connectivity index (χ0v) is 18.2. The van der Waals surface area contributed by atoms with Gasteiger partial charge in [-0.3, -0.25) is 9.10 Å². The molecule has 5 nitrogen and oxygen atoms in total. The fourth-order valence-electron chi connectivity index (χ4n) is 3.54. The summed E-state index contributed by atoms with van der Waals surface area (Å²) in [6.45, 7) is 14.1. The molecule has 1 N–H and O–H groups in total. The molecule has 0 heterocycles. The molecule has 0 saturated heterocycles. The van der Waals surface area contributed by atoms with Crippen LogP contribution >= 0.6 is 0 Å². The first-order valence-electron chi connectivity index (χ1n) is 9.04. The number of hydrogen-bond acceptors (Lipinski definition) is 3. The highest BCUT2D eigenvalue weighted by atomic mass is 32.2. The molecule has 0 spiro atoms. The van der Waals surface area contributed by atoms with E-state index in [0.29, 0.717) is 12.1 Å². The average molecular weight is 383 g/mol. The standard InChI is InChI=1S/C20H34N2O3S/c1-9-17(18(23)21-20(6,7)14-19(3,4)5)22(26(8,24)25)16-12-10-15(2)11-13-16/h10-13,17H,9,14H2,1-8H3,(H,21,23)/t17-/m1/s1. The van der Waals surface area contributed by atoms with Crippen molar-refractivity contribution in [2.75, 3.05) is 10.6 Å². The molecule has 0 radical (unpaired) electrons. The number of nitrogens with zero attached hydrogens (tertiary/aromatic N) is 1. The third-order valence-corrected chi connectivity index (χ3v) is 5.23. The van der Waals surface area contributed by atoms with Crippen LogP contribution in [0.15, 0.2) is 24.3 Å². The minimum atomic E-state index is -3.61. The molecule has 1 rings (SSSR count). The largest absolute Gasteiger partial charge is 0.349 e. The minimum Gasteiger partial charge on any atom is -0.349 e. The van der Waals surface area contributed by atoms with Crippen molar-refractivity contribution in [2.24, 2.45) is 5.41 Å². The van der Waals surface area contributed by atoms with E-state index < -0.39 is 21.6 Å². The molecular formula is C20H34N2O3S. The summed E-state index contributed by atoms with van der Waals surface area (Å²) in [5.74, 6) is -0.271. The maximum atomic E-state index is 13.0. The van der Waals surface area contributed by atoms with Crippen LogP contribution in [0.1, 0.15) is 59.9 Å². The van der Waals surface area contributed by atoms with Gasteiger partial charge in [0.25, 0.3) is 0 Å². The molecule has 1 aromatic carbocycles. The molecule has 0 fully saturated rings. The van der Waals surface area contributed by atoms with Crippen molar-refractivity contribution in [3.63, 3.8) is 0 Å². The molecule has 1 amide bonds. The van der Waals surface area contributed by atoms with Gasteiger partial charge in [-0.2, -0.15) is 0 Å². The number of hydrogen-bond donors (Lipinski definition) is 1. The zero-order valence-electron chi connectivity index (χ0n) is 17.4. The van der Waals surface area contributed by atoms with Gasteiger partial charge in [-0.05, 0) is 51.2 Å². The number of rotatable bonds is 7. The smallest absolute Gasteiger partial charge is 0.244 e. The van der Waals surface area contributed by atoms with Gasteiger partial charge in [0.2, 0.25) is 15.9 Å². The molecular weight excluding hydrogens is 348 g/mol. The van der Waals surface area contributed by atoms with E-state index in [0.717, 1.165) is 18.2 Å². The minimum absolute atomic E-state index is 0.0476. The Kier molecular flexibility index (Phi) is 6.91. The Morgan fingerprint density at radius 2 is 1.62 bits per heavy atom. The van der Waals surface area contributed by atoms with Crippen molar-refractivity contribution >= 4 is 21.6 Å². The van der Waals surface area contributed by atoms with Gasteiger partial charge < -0.3 is 5.32 Å². The molecule has 1 atom stereocenters. The van der Waals surface area contributed by atoms with Gasteiger partial charge in [-0.15, -0.1) is 0 Å². The van der Waals surface area contributed by atoms with Crippen molar-refractivity contribution in [1.29, 1.82) is 0 Å². The fourth-order valence-corrected chi connectivity index (χ4v) is 4.75. The lowest BCUT2D eigenvalue weighted by molar-refractivity contribution is -0.124. The second-order valence-electron chi connectivity index (χ2n) is 8.93. The van der Waals surface area contributed by atoms with Crippen molar-refractivity contribution in [3.05, 3.63) is 29.8 Å². The summed E-state index contributed by atoms with van der Waals surface area (Å²) in [4.78, 5) is 13.0. The quantitative estimate of drug-likeness (QED) is 0.778. The van der Waals surface area contributed by atoms with Crippen LogP contribution in [0, 0.1) is 12.3 Å². The van der Waals surface area contributed by atoms with Crippen molar-refractivity contribution in [2.45, 2.75) is 72.9 Å². The molecule has 0 aliphatic rings. The van der Waals surface area contributed by atoms with Crippen LogP contribution in [0.2, 0.25) is 0 Å². The second-order valence-corrected chi connectivity index (χ2v) is 10.8. The van der Waals surface area contributed by atoms with Gasteiger partial charge in [0.15, 0.2) is 0 Å². The highest BCUT2D eigenvalue weighted by Crippen LogP contribution is 2.28. The predicted molar refractivity (Wildman–Crippen MR) is 109 cm³/mol. The van der Waals surface area contributed by atoms with E-state index >= 15 is 0 Å². The van der Waals surface area contributed by atoms with Gasteiger partial charge in [0.05, 0.1) is 11.9 Å². The Morgan fingerprint density at radius 3 is 2.00 bits per heavy atom. The molecule has 0 aliphatic heterocycles. The Morgan fingerprint density at radius 1 is 1.12 bits per heavy atom. The number of carbonyl (C=O) groups excluding carboxylic acids is 1. The Balaban J connectivity index is 3.18. The summed E-state index contributed by atoms with van der Waals surface area (Å²) in [5, 5.41) is 3.05. The lowest BCUT2D eigenvalue weighted by atomic mass is 9.81. The summed E-state index contributed by atoms with van der Waals surface area (Å²) in [6.07, 6.45) is 2.31. The van der Waals surface area contributed by atoms with Gasteiger partial charge in [-0.25, -0.2) is 8.42 Å². The summed E-state index contributed by atoms with van der Waals surface area (Å²) in [5.41, 5.74) is 1.16. The predicted octanol–water partition coefficient (Wildman–Crippen LogP) is 3.87. The molecule has 0 aliphatic carbocycles. The maximum absolute atomic E-state index is 13.0. The van der Waals surface area contributed by atoms with Crippen molar-refractivity contribution in [1.82, 2.24) is 5.32 Å². The fraction of sp³-hybridized carbons (Fsp3) is 0.650. The maximum Gasteiger partial charge on any atom is 0.244 e. The van der Waals surface area contributed by atoms with Gasteiger partial charge in [0.1, 0.15) is 6.04 Å². The van der Waals surface area contributed by atoms with Crippen LogP contribution in [-0.2, 0) is 14.8 Å². The Labute approximate surface area is 159 Å². The number of aryl methyl sites for hydroxylation is 1. The molecule has 148 valence electrons. The first-order chi connectivity index (χ1) is 11.7. The highest BCUT2D eigenvalue weighted by Gasteiger charge is 2.35.